The van der Waals surface area contributed by atoms with Crippen molar-refractivity contribution in [2.24, 2.45) is 0 Å². The molecule has 2 aromatic carbocycles. The molecule has 0 N–H and O–H groups in total. The van der Waals surface area contributed by atoms with Crippen molar-refractivity contribution in [1.29, 1.82) is 0 Å². The molecular formula is C34H19Cl2F6IN6. The normalized spacial score (nSPS) is 10.8. The van der Waals surface area contributed by atoms with E-state index >= 15 is 0 Å². The number of benzene rings is 2. The van der Waals surface area contributed by atoms with Crippen molar-refractivity contribution in [2.45, 2.75) is 12.4 Å². The number of pyridine rings is 2. The van der Waals surface area contributed by atoms with Crippen molar-refractivity contribution in [1.82, 2.24) is 29.5 Å². The molecule has 0 radical (unpaired) electrons. The van der Waals surface area contributed by atoms with Crippen molar-refractivity contribution >= 4 is 45.8 Å². The predicted octanol–water partition coefficient (Wildman–Crippen LogP) is 9.55. The van der Waals surface area contributed by atoms with E-state index in [2.05, 4.69) is 37.9 Å². The van der Waals surface area contributed by atoms with E-state index < -0.39 is 23.5 Å². The molecular weight excluding hydrogens is 804 g/mol. The van der Waals surface area contributed by atoms with E-state index in [4.69, 9.17) is 29.6 Å². The number of aromatic nitrogens is 6. The van der Waals surface area contributed by atoms with Gasteiger partial charge in [-0.15, -0.1) is 6.42 Å². The highest BCUT2D eigenvalue weighted by Crippen LogP contribution is 2.31. The molecule has 0 amide bonds. The summed E-state index contributed by atoms with van der Waals surface area (Å²) in [6.07, 6.45) is 2.62. The van der Waals surface area contributed by atoms with Gasteiger partial charge in [0.2, 0.25) is 0 Å². The van der Waals surface area contributed by atoms with Gasteiger partial charge in [-0.3, -0.25) is 0 Å². The van der Waals surface area contributed by atoms with Gasteiger partial charge in [-0.2, -0.15) is 36.5 Å². The Labute approximate surface area is 299 Å². The van der Waals surface area contributed by atoms with Gasteiger partial charge in [-0.05, 0) is 101 Å². The molecule has 0 fully saturated rings. The van der Waals surface area contributed by atoms with Crippen LogP contribution in [0.2, 0.25) is 10.3 Å². The first-order chi connectivity index (χ1) is 23.3. The molecule has 0 unspecified atom stereocenters. The second-order valence-electron chi connectivity index (χ2n) is 9.37. The highest BCUT2D eigenvalue weighted by Gasteiger charge is 2.31. The van der Waals surface area contributed by atoms with Crippen molar-refractivity contribution in [2.75, 3.05) is 0 Å². The van der Waals surface area contributed by atoms with Gasteiger partial charge in [0.15, 0.2) is 0 Å². The Balaban J connectivity index is 0.000000187. The lowest BCUT2D eigenvalue weighted by atomic mass is 10.2. The number of alkyl halides is 6. The molecule has 6 nitrogen and oxygen atoms in total. The Hall–Kier alpha value is -4.83. The zero-order chi connectivity index (χ0) is 35.6. The highest BCUT2D eigenvalue weighted by atomic mass is 127. The minimum atomic E-state index is -4.38. The molecule has 0 saturated carbocycles. The first-order valence-corrected chi connectivity index (χ1v) is 15.4. The van der Waals surface area contributed by atoms with E-state index in [-0.39, 0.29) is 5.15 Å². The van der Waals surface area contributed by atoms with Crippen LogP contribution in [0.3, 0.4) is 0 Å². The van der Waals surface area contributed by atoms with Crippen LogP contribution in [0.25, 0.3) is 11.4 Å². The smallest absolute Gasteiger partial charge is 0.248 e. The molecule has 0 saturated heterocycles. The molecule has 4 heterocycles. The Morgan fingerprint density at radius 1 is 0.612 bits per heavy atom. The molecule has 0 aliphatic rings. The summed E-state index contributed by atoms with van der Waals surface area (Å²) in [5, 5.41) is 8.64. The van der Waals surface area contributed by atoms with Crippen LogP contribution in [0.5, 0.6) is 0 Å². The van der Waals surface area contributed by atoms with Crippen LogP contribution in [0.4, 0.5) is 26.3 Å². The zero-order valence-electron chi connectivity index (χ0n) is 24.6. The summed E-state index contributed by atoms with van der Waals surface area (Å²) in [5.74, 6) is 8.11. The lowest BCUT2D eigenvalue weighted by Crippen LogP contribution is -2.05. The largest absolute Gasteiger partial charge is 0.416 e. The minimum Gasteiger partial charge on any atom is -0.248 e. The fourth-order valence-corrected chi connectivity index (χ4v) is 4.47. The van der Waals surface area contributed by atoms with E-state index in [1.807, 2.05) is 40.8 Å². The summed E-state index contributed by atoms with van der Waals surface area (Å²) in [5.41, 5.74) is 1.21. The zero-order valence-corrected chi connectivity index (χ0v) is 28.2. The lowest BCUT2D eigenvalue weighted by Gasteiger charge is -2.08. The fraction of sp³-hybridized carbons (Fsp3) is 0.0588. The first-order valence-electron chi connectivity index (χ1n) is 13.6. The number of terminal acetylenes is 1. The maximum absolute atomic E-state index is 12.6. The Bertz CT molecular complexity index is 2080. The summed E-state index contributed by atoms with van der Waals surface area (Å²) in [6.45, 7) is 0. The van der Waals surface area contributed by atoms with Crippen molar-refractivity contribution in [3.63, 3.8) is 0 Å². The van der Waals surface area contributed by atoms with Gasteiger partial charge in [0.05, 0.1) is 44.0 Å². The Morgan fingerprint density at radius 2 is 1.08 bits per heavy atom. The van der Waals surface area contributed by atoms with E-state index in [0.29, 0.717) is 33.5 Å². The average Bonchev–Trinajstić information content (AvgIpc) is 3.64. The molecule has 4 aromatic heterocycles. The third-order valence-corrected chi connectivity index (χ3v) is 7.90. The van der Waals surface area contributed by atoms with Crippen LogP contribution in [-0.4, -0.2) is 29.5 Å². The third-order valence-electron chi connectivity index (χ3n) is 6.06. The van der Waals surface area contributed by atoms with Crippen LogP contribution in [0, 0.1) is 27.8 Å². The number of halogens is 9. The van der Waals surface area contributed by atoms with Crippen LogP contribution < -0.4 is 0 Å². The second-order valence-corrected chi connectivity index (χ2v) is 11.2. The monoisotopic (exact) mass is 822 g/mol. The summed E-state index contributed by atoms with van der Waals surface area (Å²) in [6, 6.07) is 20.1. The molecule has 15 heteroatoms. The molecule has 0 atom stereocenters. The summed E-state index contributed by atoms with van der Waals surface area (Å²) in [7, 11) is 0. The van der Waals surface area contributed by atoms with Crippen molar-refractivity contribution < 1.29 is 26.3 Å². The molecule has 6 rings (SSSR count). The standard InChI is InChI=1S/C17H9ClF3N3.C10H5ClF3IN2.C7H5N/c18-16-12(4-7-14-3-1-2-10-22-14)11-23-24(16)15-8-5-13(6-9-15)17(19,20)21;11-9-8(15)5-16-17(9)7-3-1-6(2-4-7)10(12,13)14;1-2-7-5-3-4-6-8-7/h1-3,5-6,8-11H;1-5H;1,3-6H. The molecule has 248 valence electrons. The highest BCUT2D eigenvalue weighted by molar-refractivity contribution is 14.1. The summed E-state index contributed by atoms with van der Waals surface area (Å²) < 4.78 is 78.3. The van der Waals surface area contributed by atoms with Gasteiger partial charge in [0.1, 0.15) is 21.7 Å². The lowest BCUT2D eigenvalue weighted by molar-refractivity contribution is -0.138. The average molecular weight is 823 g/mol. The third kappa shape index (κ3) is 10.3. The summed E-state index contributed by atoms with van der Waals surface area (Å²) >= 11 is 14.2. The molecule has 0 bridgehead atoms. The first kappa shape index (κ1) is 37.0. The van der Waals surface area contributed by atoms with Gasteiger partial charge >= 0.3 is 12.4 Å². The van der Waals surface area contributed by atoms with E-state index in [0.717, 1.165) is 27.8 Å². The second kappa shape index (κ2) is 16.5. The van der Waals surface area contributed by atoms with Gasteiger partial charge < -0.3 is 0 Å². The number of nitrogens with zero attached hydrogens (tertiary/aromatic N) is 6. The van der Waals surface area contributed by atoms with E-state index in [1.165, 1.54) is 39.8 Å². The molecule has 0 aliphatic carbocycles. The van der Waals surface area contributed by atoms with Gasteiger partial charge in [-0.25, -0.2) is 19.3 Å². The number of hydrogen-bond donors (Lipinski definition) is 0. The molecule has 0 aliphatic heterocycles. The van der Waals surface area contributed by atoms with Crippen LogP contribution in [-0.2, 0) is 12.4 Å². The quantitative estimate of drug-likeness (QED) is 0.0993. The van der Waals surface area contributed by atoms with Crippen LogP contribution in [0.15, 0.2) is 110 Å². The maximum Gasteiger partial charge on any atom is 0.416 e. The van der Waals surface area contributed by atoms with Gasteiger partial charge in [-0.1, -0.05) is 47.2 Å². The Morgan fingerprint density at radius 3 is 1.47 bits per heavy atom. The van der Waals surface area contributed by atoms with Crippen LogP contribution >= 0.6 is 45.8 Å². The molecule has 6 aromatic rings. The molecule has 0 spiro atoms. The predicted molar refractivity (Wildman–Crippen MR) is 182 cm³/mol. The minimum absolute atomic E-state index is 0.221. The van der Waals surface area contributed by atoms with Crippen molar-refractivity contribution in [3.8, 4) is 35.6 Å². The van der Waals surface area contributed by atoms with Crippen LogP contribution in [0.1, 0.15) is 28.1 Å². The van der Waals surface area contributed by atoms with Gasteiger partial charge in [0, 0.05) is 12.4 Å². The summed E-state index contributed by atoms with van der Waals surface area (Å²) in [4.78, 5) is 7.93. The number of rotatable bonds is 2. The Kier molecular flexibility index (Phi) is 12.5. The van der Waals surface area contributed by atoms with Crippen molar-refractivity contribution in [3.05, 3.63) is 152 Å². The maximum atomic E-state index is 12.6. The SMILES string of the molecule is C#Cc1ccccn1.FC(F)(F)c1ccc(-n2ncc(C#Cc3ccccn3)c2Cl)cc1.FC(F)(F)c1ccc(-n2ncc(I)c2Cl)cc1. The topological polar surface area (TPSA) is 61.4 Å². The number of hydrogen-bond acceptors (Lipinski definition) is 4. The molecule has 49 heavy (non-hydrogen) atoms. The van der Waals surface area contributed by atoms with E-state index in [9.17, 15) is 26.3 Å². The van der Waals surface area contributed by atoms with E-state index in [1.54, 1.807) is 36.8 Å². The fourth-order valence-electron chi connectivity index (χ4n) is 3.69. The van der Waals surface area contributed by atoms with Gasteiger partial charge in [0.25, 0.3) is 0 Å².